The second-order valence-corrected chi connectivity index (χ2v) is 14.6. The second-order valence-electron chi connectivity index (χ2n) is 10.3. The summed E-state index contributed by atoms with van der Waals surface area (Å²) in [5.74, 6) is 0. The molecule has 0 unspecified atom stereocenters. The summed E-state index contributed by atoms with van der Waals surface area (Å²) < 4.78 is 7.01. The van der Waals surface area contributed by atoms with Crippen LogP contribution in [0, 0.1) is 5.41 Å². The highest BCUT2D eigenvalue weighted by Crippen LogP contribution is 2.56. The standard InChI is InChI=1S/C28H38O2Si/c1-7-23(2)28(29)21-20-27(28,6)19-14-22-30-31(26(3,4)5,24-15-10-8-11-16-24)25-17-12-9-13-18-25/h8-13,15-18,29H,1,14,19-22H2,2-6H3/t27-,28-/m1/s1. The molecule has 0 bridgehead atoms. The molecule has 31 heavy (non-hydrogen) atoms. The SMILES string of the molecule is C=C=C(C)[C@]1(O)CC[C@@]1(C)CCCO[Si](c1ccccc1)(c1ccccc1)C(C)(C)C. The summed E-state index contributed by atoms with van der Waals surface area (Å²) in [5.41, 5.74) is 2.90. The zero-order chi connectivity index (χ0) is 22.8. The predicted octanol–water partition coefficient (Wildman–Crippen LogP) is 5.61. The van der Waals surface area contributed by atoms with Crippen LogP contribution in [0.3, 0.4) is 0 Å². The van der Waals surface area contributed by atoms with Gasteiger partial charge in [-0.15, -0.1) is 5.73 Å². The van der Waals surface area contributed by atoms with Crippen molar-refractivity contribution >= 4 is 18.7 Å². The maximum absolute atomic E-state index is 11.2. The molecule has 0 radical (unpaired) electrons. The molecule has 3 heteroatoms. The molecule has 1 fully saturated rings. The fourth-order valence-electron chi connectivity index (χ4n) is 5.36. The first kappa shape index (κ1) is 23.8. The molecule has 0 saturated heterocycles. The van der Waals surface area contributed by atoms with E-state index >= 15 is 0 Å². The lowest BCUT2D eigenvalue weighted by Crippen LogP contribution is -2.66. The highest BCUT2D eigenvalue weighted by Gasteiger charge is 2.55. The van der Waals surface area contributed by atoms with Gasteiger partial charge in [-0.3, -0.25) is 0 Å². The number of benzene rings is 2. The Morgan fingerprint density at radius 3 is 1.94 bits per heavy atom. The molecule has 2 atom stereocenters. The average Bonchev–Trinajstić information content (AvgIpc) is 2.77. The van der Waals surface area contributed by atoms with Crippen molar-refractivity contribution in [2.45, 2.75) is 70.9 Å². The summed E-state index contributed by atoms with van der Waals surface area (Å²) in [7, 11) is -2.49. The number of hydrogen-bond donors (Lipinski definition) is 1. The highest BCUT2D eigenvalue weighted by atomic mass is 28.4. The third-order valence-electron chi connectivity index (χ3n) is 7.53. The van der Waals surface area contributed by atoms with E-state index in [9.17, 15) is 5.11 Å². The van der Waals surface area contributed by atoms with Crippen LogP contribution < -0.4 is 10.4 Å². The molecule has 0 spiro atoms. The van der Waals surface area contributed by atoms with Gasteiger partial charge in [-0.2, -0.15) is 0 Å². The van der Waals surface area contributed by atoms with Crippen molar-refractivity contribution < 1.29 is 9.53 Å². The quantitative estimate of drug-likeness (QED) is 0.333. The largest absolute Gasteiger partial charge is 0.407 e. The minimum atomic E-state index is -2.49. The molecule has 1 aliphatic rings. The molecule has 0 heterocycles. The Balaban J connectivity index is 1.85. The third kappa shape index (κ3) is 4.13. The van der Waals surface area contributed by atoms with Crippen LogP contribution in [0.4, 0.5) is 0 Å². The molecule has 2 aromatic rings. The van der Waals surface area contributed by atoms with Gasteiger partial charge in [-0.1, -0.05) is 94.9 Å². The summed E-state index contributed by atoms with van der Waals surface area (Å²) in [6.45, 7) is 15.5. The van der Waals surface area contributed by atoms with Crippen molar-refractivity contribution in [2.75, 3.05) is 6.61 Å². The van der Waals surface area contributed by atoms with Crippen LogP contribution in [-0.2, 0) is 4.43 Å². The fraction of sp³-hybridized carbons (Fsp3) is 0.464. The van der Waals surface area contributed by atoms with E-state index in [2.05, 4.69) is 101 Å². The van der Waals surface area contributed by atoms with Crippen molar-refractivity contribution in [1.29, 1.82) is 0 Å². The number of aliphatic hydroxyl groups is 1. The van der Waals surface area contributed by atoms with E-state index in [0.29, 0.717) is 6.61 Å². The smallest absolute Gasteiger partial charge is 0.261 e. The van der Waals surface area contributed by atoms with Crippen molar-refractivity contribution in [3.8, 4) is 0 Å². The average molecular weight is 435 g/mol. The molecule has 0 aromatic heterocycles. The van der Waals surface area contributed by atoms with Gasteiger partial charge in [0, 0.05) is 12.0 Å². The zero-order valence-corrected chi connectivity index (χ0v) is 20.9. The Labute approximate surface area is 189 Å². The maximum Gasteiger partial charge on any atom is 0.261 e. The Hall–Kier alpha value is -1.90. The van der Waals surface area contributed by atoms with E-state index in [1.807, 2.05) is 6.92 Å². The molecule has 1 N–H and O–H groups in total. The van der Waals surface area contributed by atoms with Gasteiger partial charge >= 0.3 is 0 Å². The van der Waals surface area contributed by atoms with E-state index in [4.69, 9.17) is 4.43 Å². The van der Waals surface area contributed by atoms with Gasteiger partial charge in [0.1, 0.15) is 0 Å². The lowest BCUT2D eigenvalue weighted by molar-refractivity contribution is -0.134. The number of hydrogen-bond acceptors (Lipinski definition) is 2. The molecular weight excluding hydrogens is 396 g/mol. The lowest BCUT2D eigenvalue weighted by atomic mass is 9.53. The van der Waals surface area contributed by atoms with Gasteiger partial charge < -0.3 is 9.53 Å². The van der Waals surface area contributed by atoms with E-state index in [1.54, 1.807) is 0 Å². The minimum absolute atomic E-state index is 0.0149. The summed E-state index contributed by atoms with van der Waals surface area (Å²) in [5, 5.41) is 13.8. The van der Waals surface area contributed by atoms with Gasteiger partial charge in [-0.25, -0.2) is 0 Å². The Morgan fingerprint density at radius 2 is 1.55 bits per heavy atom. The fourth-order valence-corrected chi connectivity index (χ4v) is 9.96. The predicted molar refractivity (Wildman–Crippen MR) is 133 cm³/mol. The van der Waals surface area contributed by atoms with Crippen LogP contribution >= 0.6 is 0 Å². The lowest BCUT2D eigenvalue weighted by Gasteiger charge is -2.55. The molecule has 0 amide bonds. The number of rotatable bonds is 8. The highest BCUT2D eigenvalue weighted by molar-refractivity contribution is 6.99. The normalized spacial score (nSPS) is 23.7. The molecule has 166 valence electrons. The van der Waals surface area contributed by atoms with E-state index in [1.165, 1.54) is 10.4 Å². The van der Waals surface area contributed by atoms with E-state index < -0.39 is 13.9 Å². The second kappa shape index (κ2) is 8.92. The summed E-state index contributed by atoms with van der Waals surface area (Å²) in [6.07, 6.45) is 3.68. The maximum atomic E-state index is 11.2. The molecular formula is C28H38O2Si. The van der Waals surface area contributed by atoms with Gasteiger partial charge in [-0.05, 0) is 53.6 Å². The Kier molecular flexibility index (Phi) is 6.83. The molecule has 1 aliphatic carbocycles. The topological polar surface area (TPSA) is 29.5 Å². The summed E-state index contributed by atoms with van der Waals surface area (Å²) >= 11 is 0. The van der Waals surface area contributed by atoms with Gasteiger partial charge in [0.25, 0.3) is 8.32 Å². The molecule has 0 aliphatic heterocycles. The molecule has 1 saturated carbocycles. The summed E-state index contributed by atoms with van der Waals surface area (Å²) in [4.78, 5) is 0. The van der Waals surface area contributed by atoms with Crippen LogP contribution in [0.15, 0.2) is 78.5 Å². The van der Waals surface area contributed by atoms with E-state index in [0.717, 1.165) is 31.3 Å². The minimum Gasteiger partial charge on any atom is -0.407 e. The van der Waals surface area contributed by atoms with Crippen molar-refractivity contribution in [3.05, 3.63) is 78.5 Å². The Morgan fingerprint density at radius 1 is 1.03 bits per heavy atom. The van der Waals surface area contributed by atoms with Crippen LogP contribution in [0.25, 0.3) is 0 Å². The van der Waals surface area contributed by atoms with Crippen LogP contribution in [0.2, 0.25) is 5.04 Å². The monoisotopic (exact) mass is 434 g/mol. The van der Waals surface area contributed by atoms with Crippen molar-refractivity contribution in [2.24, 2.45) is 5.41 Å². The van der Waals surface area contributed by atoms with Crippen molar-refractivity contribution in [3.63, 3.8) is 0 Å². The summed E-state index contributed by atoms with van der Waals surface area (Å²) in [6, 6.07) is 21.6. The molecule has 3 rings (SSSR count). The molecule has 2 aromatic carbocycles. The first-order valence-electron chi connectivity index (χ1n) is 11.5. The van der Waals surface area contributed by atoms with Crippen LogP contribution in [0.5, 0.6) is 0 Å². The first-order valence-corrected chi connectivity index (χ1v) is 13.4. The molecule has 2 nitrogen and oxygen atoms in total. The van der Waals surface area contributed by atoms with Crippen LogP contribution in [-0.4, -0.2) is 25.6 Å². The van der Waals surface area contributed by atoms with Gasteiger partial charge in [0.15, 0.2) is 0 Å². The van der Waals surface area contributed by atoms with Crippen LogP contribution in [0.1, 0.15) is 60.3 Å². The Bertz CT molecular complexity index is 885. The van der Waals surface area contributed by atoms with Gasteiger partial charge in [0.2, 0.25) is 0 Å². The van der Waals surface area contributed by atoms with Crippen molar-refractivity contribution in [1.82, 2.24) is 0 Å². The third-order valence-corrected chi connectivity index (χ3v) is 12.6. The van der Waals surface area contributed by atoms with Gasteiger partial charge in [0.05, 0.1) is 5.60 Å². The van der Waals surface area contributed by atoms with E-state index in [-0.39, 0.29) is 10.5 Å². The zero-order valence-electron chi connectivity index (χ0n) is 19.9. The first-order chi connectivity index (χ1) is 14.6.